The lowest BCUT2D eigenvalue weighted by molar-refractivity contribution is -0.136. The topological polar surface area (TPSA) is 43.9 Å². The fourth-order valence-corrected chi connectivity index (χ4v) is 3.73. The molecule has 130 valence electrons. The monoisotopic (exact) mass is 329 g/mol. The van der Waals surface area contributed by atoms with E-state index in [0.717, 1.165) is 56.0 Å². The normalized spacial score (nSPS) is 17.7. The number of piperazine rings is 1. The van der Waals surface area contributed by atoms with Crippen LogP contribution in [0, 0.1) is 5.92 Å². The molecule has 1 aromatic carbocycles. The van der Waals surface area contributed by atoms with Gasteiger partial charge in [-0.05, 0) is 36.6 Å². The highest BCUT2D eigenvalue weighted by Gasteiger charge is 2.27. The Hall–Kier alpha value is -2.04. The number of amides is 2. The van der Waals surface area contributed by atoms with E-state index in [1.165, 1.54) is 0 Å². The number of likely N-dealkylation sites (N-methyl/N-ethyl adjacent to an activating group) is 1. The highest BCUT2D eigenvalue weighted by Crippen LogP contribution is 2.31. The number of rotatable bonds is 4. The van der Waals surface area contributed by atoms with E-state index in [0.29, 0.717) is 12.3 Å². The third-order valence-electron chi connectivity index (χ3n) is 5.43. The minimum absolute atomic E-state index is 0.155. The molecule has 0 aromatic heterocycles. The molecule has 0 aliphatic carbocycles. The molecule has 1 saturated heterocycles. The molecule has 0 saturated carbocycles. The fraction of sp³-hybridized carbons (Fsp3) is 0.579. The van der Waals surface area contributed by atoms with Crippen LogP contribution in [0.5, 0.6) is 0 Å². The van der Waals surface area contributed by atoms with E-state index < -0.39 is 0 Å². The van der Waals surface area contributed by atoms with Gasteiger partial charge in [0.05, 0.1) is 6.42 Å². The molecule has 2 heterocycles. The Bertz CT molecular complexity index is 631. The summed E-state index contributed by atoms with van der Waals surface area (Å²) in [7, 11) is 1.83. The zero-order valence-electron chi connectivity index (χ0n) is 14.9. The predicted octanol–water partition coefficient (Wildman–Crippen LogP) is 2.29. The van der Waals surface area contributed by atoms with E-state index in [9.17, 15) is 9.59 Å². The van der Waals surface area contributed by atoms with Crippen molar-refractivity contribution < 1.29 is 9.59 Å². The van der Waals surface area contributed by atoms with Crippen LogP contribution in [0.15, 0.2) is 18.2 Å². The highest BCUT2D eigenvalue weighted by atomic mass is 16.2. The molecule has 0 spiro atoms. The molecule has 2 amide bonds. The van der Waals surface area contributed by atoms with Crippen LogP contribution in [-0.2, 0) is 16.0 Å². The van der Waals surface area contributed by atoms with Gasteiger partial charge in [0.1, 0.15) is 0 Å². The van der Waals surface area contributed by atoms with Crippen molar-refractivity contribution in [3.8, 4) is 0 Å². The molecule has 0 atom stereocenters. The number of fused-ring (bicyclic) bond motifs is 1. The van der Waals surface area contributed by atoms with Gasteiger partial charge in [-0.15, -0.1) is 0 Å². The molecule has 1 aromatic rings. The van der Waals surface area contributed by atoms with E-state index in [1.807, 2.05) is 18.0 Å². The van der Waals surface area contributed by atoms with Gasteiger partial charge in [-0.3, -0.25) is 9.59 Å². The second-order valence-electron chi connectivity index (χ2n) is 6.77. The van der Waals surface area contributed by atoms with Crippen LogP contribution < -0.4 is 9.80 Å². The van der Waals surface area contributed by atoms with Crippen LogP contribution in [0.3, 0.4) is 0 Å². The summed E-state index contributed by atoms with van der Waals surface area (Å²) in [6.07, 6.45) is 2.33. The Morgan fingerprint density at radius 3 is 2.42 bits per heavy atom. The summed E-state index contributed by atoms with van der Waals surface area (Å²) < 4.78 is 0. The molecule has 1 fully saturated rings. The number of nitrogens with zero attached hydrogens (tertiary/aromatic N) is 3. The van der Waals surface area contributed by atoms with Crippen LogP contribution >= 0.6 is 0 Å². The van der Waals surface area contributed by atoms with E-state index in [-0.39, 0.29) is 11.8 Å². The largest absolute Gasteiger partial charge is 0.368 e. The fourth-order valence-electron chi connectivity index (χ4n) is 3.73. The van der Waals surface area contributed by atoms with Gasteiger partial charge in [-0.25, -0.2) is 0 Å². The lowest BCUT2D eigenvalue weighted by Crippen LogP contribution is -2.50. The molecule has 0 unspecified atom stereocenters. The van der Waals surface area contributed by atoms with Crippen molar-refractivity contribution in [1.29, 1.82) is 0 Å². The average molecular weight is 329 g/mol. The number of carbonyl (C=O) groups is 2. The molecule has 5 heteroatoms. The molecule has 24 heavy (non-hydrogen) atoms. The number of hydrogen-bond acceptors (Lipinski definition) is 3. The van der Waals surface area contributed by atoms with E-state index >= 15 is 0 Å². The van der Waals surface area contributed by atoms with Crippen molar-refractivity contribution in [3.63, 3.8) is 0 Å². The lowest BCUT2D eigenvalue weighted by atomic mass is 10.0. The zero-order valence-corrected chi connectivity index (χ0v) is 14.9. The number of hydrogen-bond donors (Lipinski definition) is 0. The van der Waals surface area contributed by atoms with Crippen molar-refractivity contribution in [2.45, 2.75) is 33.1 Å². The predicted molar refractivity (Wildman–Crippen MR) is 96.4 cm³/mol. The van der Waals surface area contributed by atoms with Crippen LogP contribution in [0.2, 0.25) is 0 Å². The Morgan fingerprint density at radius 2 is 1.79 bits per heavy atom. The first kappa shape index (κ1) is 16.8. The van der Waals surface area contributed by atoms with Gasteiger partial charge >= 0.3 is 0 Å². The molecule has 3 rings (SSSR count). The Balaban J connectivity index is 1.65. The molecular formula is C19H27N3O2. The van der Waals surface area contributed by atoms with Crippen molar-refractivity contribution in [3.05, 3.63) is 23.8 Å². The molecule has 5 nitrogen and oxygen atoms in total. The highest BCUT2D eigenvalue weighted by molar-refractivity contribution is 6.01. The summed E-state index contributed by atoms with van der Waals surface area (Å²) in [4.78, 5) is 30.4. The third-order valence-corrected chi connectivity index (χ3v) is 5.43. The van der Waals surface area contributed by atoms with E-state index in [2.05, 4.69) is 30.9 Å². The Morgan fingerprint density at radius 1 is 1.12 bits per heavy atom. The number of benzene rings is 1. The van der Waals surface area contributed by atoms with Crippen molar-refractivity contribution in [1.82, 2.24) is 4.90 Å². The van der Waals surface area contributed by atoms with E-state index in [4.69, 9.17) is 0 Å². The second-order valence-corrected chi connectivity index (χ2v) is 6.77. The van der Waals surface area contributed by atoms with Gasteiger partial charge in [-0.2, -0.15) is 0 Å². The maximum atomic E-state index is 12.5. The summed E-state index contributed by atoms with van der Waals surface area (Å²) in [6.45, 7) is 7.45. The summed E-state index contributed by atoms with van der Waals surface area (Å²) >= 11 is 0. The summed E-state index contributed by atoms with van der Waals surface area (Å²) in [6, 6.07) is 6.26. The average Bonchev–Trinajstić information content (AvgIpc) is 2.90. The third kappa shape index (κ3) is 2.99. The number of anilines is 2. The van der Waals surface area contributed by atoms with Gasteiger partial charge in [-0.1, -0.05) is 13.8 Å². The molecule has 0 bridgehead atoms. The van der Waals surface area contributed by atoms with E-state index in [1.54, 1.807) is 4.90 Å². The standard InChI is InChI=1S/C19H27N3O2/c1-4-14(5-2)19(24)22-10-8-21(9-11-22)16-6-7-17-15(12-16)13-18(23)20(17)3/h6-7,12,14H,4-5,8-11,13H2,1-3H3. The maximum absolute atomic E-state index is 12.5. The van der Waals surface area contributed by atoms with Gasteiger partial charge < -0.3 is 14.7 Å². The van der Waals surface area contributed by atoms with Gasteiger partial charge in [0.2, 0.25) is 11.8 Å². The maximum Gasteiger partial charge on any atom is 0.231 e. The lowest BCUT2D eigenvalue weighted by Gasteiger charge is -2.37. The first-order valence-electron chi connectivity index (χ1n) is 8.98. The van der Waals surface area contributed by atoms with Crippen LogP contribution in [0.1, 0.15) is 32.3 Å². The minimum atomic E-state index is 0.155. The van der Waals surface area contributed by atoms with Gasteiger partial charge in [0.25, 0.3) is 0 Å². The van der Waals surface area contributed by atoms with Crippen LogP contribution in [0.4, 0.5) is 11.4 Å². The smallest absolute Gasteiger partial charge is 0.231 e. The zero-order chi connectivity index (χ0) is 17.3. The van der Waals surface area contributed by atoms with Crippen molar-refractivity contribution in [2.24, 2.45) is 5.92 Å². The van der Waals surface area contributed by atoms with Gasteiger partial charge in [0, 0.05) is 50.5 Å². The molecule has 2 aliphatic rings. The van der Waals surface area contributed by atoms with Crippen molar-refractivity contribution in [2.75, 3.05) is 43.0 Å². The van der Waals surface area contributed by atoms with Gasteiger partial charge in [0.15, 0.2) is 0 Å². The molecular weight excluding hydrogens is 302 g/mol. The van der Waals surface area contributed by atoms with Crippen LogP contribution in [-0.4, -0.2) is 49.9 Å². The summed E-state index contributed by atoms with van der Waals surface area (Å²) in [5.41, 5.74) is 3.29. The van der Waals surface area contributed by atoms with Crippen molar-refractivity contribution >= 4 is 23.2 Å². The minimum Gasteiger partial charge on any atom is -0.368 e. The Kier molecular flexibility index (Phi) is 4.78. The Labute approximate surface area is 144 Å². The molecule has 2 aliphatic heterocycles. The first-order valence-corrected chi connectivity index (χ1v) is 8.98. The molecule has 0 N–H and O–H groups in total. The quantitative estimate of drug-likeness (QED) is 0.851. The number of carbonyl (C=O) groups excluding carboxylic acids is 2. The first-order chi connectivity index (χ1) is 11.5. The summed E-state index contributed by atoms with van der Waals surface area (Å²) in [5, 5.41) is 0. The van der Waals surface area contributed by atoms with Crippen LogP contribution in [0.25, 0.3) is 0 Å². The molecule has 0 radical (unpaired) electrons. The SMILES string of the molecule is CCC(CC)C(=O)N1CCN(c2ccc3c(c2)CC(=O)N3C)CC1. The second kappa shape index (κ2) is 6.83. The summed E-state index contributed by atoms with van der Waals surface area (Å²) in [5.74, 6) is 0.627.